The van der Waals surface area contributed by atoms with Gasteiger partial charge in [-0.15, -0.1) is 5.10 Å². The lowest BCUT2D eigenvalue weighted by atomic mass is 10.2. The number of aryl methyl sites for hydroxylation is 1. The number of rotatable bonds is 1. The van der Waals surface area contributed by atoms with Crippen molar-refractivity contribution < 1.29 is 22.6 Å². The summed E-state index contributed by atoms with van der Waals surface area (Å²) in [5.74, 6) is -0.489. The van der Waals surface area contributed by atoms with Crippen molar-refractivity contribution in [2.45, 2.75) is 6.18 Å². The van der Waals surface area contributed by atoms with E-state index in [1.807, 2.05) is 0 Å². The van der Waals surface area contributed by atoms with Gasteiger partial charge in [-0.05, 0) is 12.2 Å². The summed E-state index contributed by atoms with van der Waals surface area (Å²) in [5.41, 5.74) is 0.0336. The lowest BCUT2D eigenvalue weighted by Crippen LogP contribution is -2.14. The maximum atomic E-state index is 13.1. The van der Waals surface area contributed by atoms with Crippen LogP contribution in [0.15, 0.2) is 12.1 Å². The van der Waals surface area contributed by atoms with Gasteiger partial charge in [0.15, 0.2) is 11.5 Å². The molecule has 0 N–H and O–H groups in total. The second-order valence-corrected chi connectivity index (χ2v) is 4.99. The van der Waals surface area contributed by atoms with Gasteiger partial charge in [0.1, 0.15) is 0 Å². The molecule has 0 radical (unpaired) electrons. The number of fused-ring (bicyclic) bond motifs is 1. The number of benzene rings is 1. The maximum absolute atomic E-state index is 13.1. The summed E-state index contributed by atoms with van der Waals surface area (Å²) in [7, 11) is 1.33. The Labute approximate surface area is 126 Å². The Bertz CT molecular complexity index is 784. The largest absolute Gasteiger partial charge is 0.454 e. The Kier molecular flexibility index (Phi) is 3.14. The molecule has 1 aliphatic rings. The van der Waals surface area contributed by atoms with Gasteiger partial charge in [0, 0.05) is 19.2 Å². The molecule has 0 spiro atoms. The fraction of sp³-hybridized carbons (Fsp3) is 0.273. The molecule has 3 rings (SSSR count). The number of aromatic nitrogens is 3. The van der Waals surface area contributed by atoms with Crippen LogP contribution in [0, 0.1) is 4.77 Å². The first-order valence-corrected chi connectivity index (χ1v) is 6.40. The zero-order valence-corrected chi connectivity index (χ0v) is 12.0. The first-order chi connectivity index (χ1) is 9.79. The van der Waals surface area contributed by atoms with E-state index < -0.39 is 12.0 Å². The molecule has 10 heteroatoms. The second kappa shape index (κ2) is 4.63. The minimum atomic E-state index is -4.67. The van der Waals surface area contributed by atoms with Gasteiger partial charge in [0.25, 0.3) is 0 Å². The molecule has 0 fully saturated rings. The van der Waals surface area contributed by atoms with E-state index in [4.69, 9.17) is 33.3 Å². The van der Waals surface area contributed by atoms with Gasteiger partial charge in [-0.2, -0.15) is 13.2 Å². The highest BCUT2D eigenvalue weighted by atomic mass is 35.5. The topological polar surface area (TPSA) is 41.2 Å². The molecule has 0 amide bonds. The molecule has 0 saturated heterocycles. The number of nitrogens with zero attached hydrogens (tertiary/aromatic N) is 3. The van der Waals surface area contributed by atoms with E-state index in [2.05, 4.69) is 5.10 Å². The van der Waals surface area contributed by atoms with Crippen LogP contribution in [0.4, 0.5) is 13.2 Å². The zero-order valence-electron chi connectivity index (χ0n) is 10.4. The van der Waals surface area contributed by atoms with E-state index in [9.17, 15) is 13.2 Å². The summed E-state index contributed by atoms with van der Waals surface area (Å²) in [6, 6.07) is 2.73. The van der Waals surface area contributed by atoms with Crippen LogP contribution in [0.2, 0.25) is 5.02 Å². The smallest absolute Gasteiger partial charge is 0.452 e. The molecule has 0 unspecified atom stereocenters. The van der Waals surface area contributed by atoms with Gasteiger partial charge in [-0.1, -0.05) is 11.6 Å². The standard InChI is InChI=1S/C11H7ClF3N3O2S/c1-17-10(21)18(9(16-17)11(13,14)15)6-3-8-7(2-5(6)12)19-4-20-8/h2-3H,4H2,1H3. The summed E-state index contributed by atoms with van der Waals surface area (Å²) in [4.78, 5) is 0. The molecule has 1 aromatic carbocycles. The third-order valence-corrected chi connectivity index (χ3v) is 3.61. The average molecular weight is 338 g/mol. The second-order valence-electron chi connectivity index (χ2n) is 4.22. The third kappa shape index (κ3) is 2.26. The molecule has 0 bridgehead atoms. The predicted molar refractivity (Wildman–Crippen MR) is 69.5 cm³/mol. The highest BCUT2D eigenvalue weighted by molar-refractivity contribution is 7.71. The SMILES string of the molecule is Cn1nc(C(F)(F)F)n(-c2cc3c(cc2Cl)OCO3)c1=S. The number of ether oxygens (including phenoxy) is 2. The summed E-state index contributed by atoms with van der Waals surface area (Å²) in [6.07, 6.45) is -4.67. The molecule has 1 aromatic heterocycles. The average Bonchev–Trinajstić information content (AvgIpc) is 2.93. The molecule has 0 atom stereocenters. The maximum Gasteiger partial charge on any atom is 0.452 e. The molecule has 2 aromatic rings. The Morgan fingerprint density at radius 2 is 1.90 bits per heavy atom. The van der Waals surface area contributed by atoms with E-state index in [0.29, 0.717) is 11.5 Å². The van der Waals surface area contributed by atoms with Crippen LogP contribution in [0.1, 0.15) is 5.82 Å². The number of hydrogen-bond donors (Lipinski definition) is 0. The Balaban J connectivity index is 2.29. The highest BCUT2D eigenvalue weighted by Gasteiger charge is 2.39. The Hall–Kier alpha value is -1.74. The molecule has 2 heterocycles. The lowest BCUT2D eigenvalue weighted by molar-refractivity contribution is -0.146. The van der Waals surface area contributed by atoms with E-state index >= 15 is 0 Å². The predicted octanol–water partition coefficient (Wildman–Crippen LogP) is 3.34. The van der Waals surface area contributed by atoms with Crippen molar-refractivity contribution in [3.63, 3.8) is 0 Å². The van der Waals surface area contributed by atoms with Gasteiger partial charge < -0.3 is 9.47 Å². The van der Waals surface area contributed by atoms with Crippen molar-refractivity contribution in [2.75, 3.05) is 6.79 Å². The zero-order chi connectivity index (χ0) is 15.4. The van der Waals surface area contributed by atoms with Crippen molar-refractivity contribution in [1.29, 1.82) is 0 Å². The molecule has 21 heavy (non-hydrogen) atoms. The summed E-state index contributed by atoms with van der Waals surface area (Å²) in [6.45, 7) is -0.0142. The van der Waals surface area contributed by atoms with Crippen molar-refractivity contribution >= 4 is 23.8 Å². The van der Waals surface area contributed by atoms with Gasteiger partial charge >= 0.3 is 6.18 Å². The van der Waals surface area contributed by atoms with Crippen LogP contribution < -0.4 is 9.47 Å². The Morgan fingerprint density at radius 3 is 2.52 bits per heavy atom. The van der Waals surface area contributed by atoms with Crippen molar-refractivity contribution in [1.82, 2.24) is 14.3 Å². The van der Waals surface area contributed by atoms with Crippen LogP contribution in [0.25, 0.3) is 5.69 Å². The first-order valence-electron chi connectivity index (χ1n) is 5.62. The molecule has 0 aliphatic carbocycles. The van der Waals surface area contributed by atoms with E-state index in [1.165, 1.54) is 19.2 Å². The fourth-order valence-corrected chi connectivity index (χ4v) is 2.41. The molecular weight excluding hydrogens is 331 g/mol. The summed E-state index contributed by atoms with van der Waals surface area (Å²) >= 11 is 11.0. The third-order valence-electron chi connectivity index (χ3n) is 2.86. The monoisotopic (exact) mass is 337 g/mol. The van der Waals surface area contributed by atoms with Crippen LogP contribution >= 0.6 is 23.8 Å². The molecule has 5 nitrogen and oxygen atoms in total. The lowest BCUT2D eigenvalue weighted by Gasteiger charge is -2.11. The van der Waals surface area contributed by atoms with Gasteiger partial charge in [-0.25, -0.2) is 4.68 Å². The first kappa shape index (κ1) is 14.2. The molecular formula is C11H7ClF3N3O2S. The number of halogens is 4. The van der Waals surface area contributed by atoms with E-state index in [0.717, 1.165) is 9.25 Å². The van der Waals surface area contributed by atoms with Crippen LogP contribution in [-0.4, -0.2) is 21.1 Å². The number of hydrogen-bond acceptors (Lipinski definition) is 4. The Morgan fingerprint density at radius 1 is 1.29 bits per heavy atom. The van der Waals surface area contributed by atoms with Crippen LogP contribution in [0.3, 0.4) is 0 Å². The molecule has 1 aliphatic heterocycles. The van der Waals surface area contributed by atoms with Gasteiger partial charge in [0.2, 0.25) is 17.4 Å². The van der Waals surface area contributed by atoms with E-state index in [-0.39, 0.29) is 22.3 Å². The molecule has 0 saturated carbocycles. The normalized spacial score (nSPS) is 13.8. The number of alkyl halides is 3. The fourth-order valence-electron chi connectivity index (χ4n) is 1.94. The van der Waals surface area contributed by atoms with Crippen LogP contribution in [-0.2, 0) is 13.2 Å². The van der Waals surface area contributed by atoms with Gasteiger partial charge in [-0.3, -0.25) is 4.57 Å². The quantitative estimate of drug-likeness (QED) is 0.748. The van der Waals surface area contributed by atoms with Crippen molar-refractivity contribution in [3.05, 3.63) is 27.8 Å². The van der Waals surface area contributed by atoms with Crippen molar-refractivity contribution in [3.8, 4) is 17.2 Å². The minimum Gasteiger partial charge on any atom is -0.454 e. The minimum absolute atomic E-state index is 0.0142. The van der Waals surface area contributed by atoms with Crippen molar-refractivity contribution in [2.24, 2.45) is 7.05 Å². The summed E-state index contributed by atoms with van der Waals surface area (Å²) < 4.78 is 51.1. The van der Waals surface area contributed by atoms with Crippen LogP contribution in [0.5, 0.6) is 11.5 Å². The molecule has 112 valence electrons. The van der Waals surface area contributed by atoms with E-state index in [1.54, 1.807) is 0 Å². The highest BCUT2D eigenvalue weighted by Crippen LogP contribution is 2.40. The van der Waals surface area contributed by atoms with Gasteiger partial charge in [0.05, 0.1) is 10.7 Å². The summed E-state index contributed by atoms with van der Waals surface area (Å²) in [5, 5.41) is 3.46.